The Morgan fingerprint density at radius 3 is 2.64 bits per heavy atom. The minimum atomic E-state index is 0.490. The number of nitrogens with one attached hydrogen (secondary N) is 1. The number of hydrogen-bond donors (Lipinski definition) is 1. The summed E-state index contributed by atoms with van der Waals surface area (Å²) in [5.74, 6) is 1.37. The highest BCUT2D eigenvalue weighted by Crippen LogP contribution is 2.21. The lowest BCUT2D eigenvalue weighted by molar-refractivity contribution is 0.306. The van der Waals surface area contributed by atoms with Crippen LogP contribution in [0.2, 0.25) is 0 Å². The average Bonchev–Trinajstić information content (AvgIpc) is 3.15. The summed E-state index contributed by atoms with van der Waals surface area (Å²) in [7, 11) is 0. The molecule has 0 bridgehead atoms. The first-order valence-corrected chi connectivity index (χ1v) is 9.06. The third-order valence-electron chi connectivity index (χ3n) is 4.44. The first-order chi connectivity index (χ1) is 13.7. The highest BCUT2D eigenvalue weighted by atomic mass is 16.5. The summed E-state index contributed by atoms with van der Waals surface area (Å²) in [6.07, 6.45) is 1.82. The molecule has 0 spiro atoms. The Balaban J connectivity index is 1.50. The van der Waals surface area contributed by atoms with E-state index in [0.717, 1.165) is 27.9 Å². The minimum absolute atomic E-state index is 0.490. The fraction of sp³-hybridized carbons (Fsp3) is 0.0833. The van der Waals surface area contributed by atoms with Crippen molar-refractivity contribution in [3.63, 3.8) is 0 Å². The van der Waals surface area contributed by atoms with Crippen molar-refractivity contribution in [1.82, 2.24) is 9.97 Å². The molecule has 136 valence electrons. The van der Waals surface area contributed by atoms with Gasteiger partial charge in [0.05, 0.1) is 16.6 Å². The van der Waals surface area contributed by atoms with E-state index in [9.17, 15) is 5.26 Å². The van der Waals surface area contributed by atoms with Crippen LogP contribution in [-0.4, -0.2) is 9.97 Å². The monoisotopic (exact) mass is 365 g/mol. The third-order valence-corrected chi connectivity index (χ3v) is 4.44. The van der Waals surface area contributed by atoms with E-state index in [1.807, 2.05) is 60.7 Å². The van der Waals surface area contributed by atoms with Crippen molar-refractivity contribution >= 4 is 22.7 Å². The van der Waals surface area contributed by atoms with Crippen molar-refractivity contribution in [3.05, 3.63) is 95.3 Å². The molecule has 0 fully saturated rings. The molecule has 1 heterocycles. The molecule has 0 radical (unpaired) electrons. The van der Waals surface area contributed by atoms with Crippen molar-refractivity contribution in [3.8, 4) is 11.8 Å². The van der Waals surface area contributed by atoms with Gasteiger partial charge in [0, 0.05) is 0 Å². The second-order valence-corrected chi connectivity index (χ2v) is 6.62. The number of hydrogen-bond acceptors (Lipinski definition) is 3. The number of para-hydroxylation sites is 2. The van der Waals surface area contributed by atoms with Gasteiger partial charge in [-0.25, -0.2) is 4.98 Å². The summed E-state index contributed by atoms with van der Waals surface area (Å²) < 4.78 is 5.85. The van der Waals surface area contributed by atoms with Crippen molar-refractivity contribution < 1.29 is 4.74 Å². The summed E-state index contributed by atoms with van der Waals surface area (Å²) in [5, 5.41) is 9.55. The van der Waals surface area contributed by atoms with Crippen LogP contribution in [0.25, 0.3) is 22.7 Å². The third kappa shape index (κ3) is 3.94. The van der Waals surface area contributed by atoms with E-state index < -0.39 is 0 Å². The number of ether oxygens (including phenoxy) is 1. The van der Waals surface area contributed by atoms with Gasteiger partial charge in [-0.1, -0.05) is 54.1 Å². The number of imidazole rings is 1. The summed E-state index contributed by atoms with van der Waals surface area (Å²) in [5.41, 5.74) is 5.53. The van der Waals surface area contributed by atoms with Gasteiger partial charge in [-0.15, -0.1) is 0 Å². The Hall–Kier alpha value is -3.84. The fourth-order valence-electron chi connectivity index (χ4n) is 3.03. The zero-order valence-corrected chi connectivity index (χ0v) is 15.5. The molecule has 0 atom stereocenters. The number of nitriles is 1. The van der Waals surface area contributed by atoms with E-state index in [0.29, 0.717) is 18.0 Å². The van der Waals surface area contributed by atoms with Gasteiger partial charge >= 0.3 is 0 Å². The summed E-state index contributed by atoms with van der Waals surface area (Å²) in [6.45, 7) is 2.60. The van der Waals surface area contributed by atoms with Crippen LogP contribution in [0.3, 0.4) is 0 Å². The first-order valence-electron chi connectivity index (χ1n) is 9.06. The molecule has 0 amide bonds. The maximum absolute atomic E-state index is 9.55. The second-order valence-electron chi connectivity index (χ2n) is 6.62. The topological polar surface area (TPSA) is 61.7 Å². The van der Waals surface area contributed by atoms with E-state index in [1.165, 1.54) is 5.56 Å². The number of rotatable bonds is 5. The smallest absolute Gasteiger partial charge is 0.149 e. The number of nitrogens with zero attached hydrogens (tertiary/aromatic N) is 2. The summed E-state index contributed by atoms with van der Waals surface area (Å²) in [6, 6.07) is 25.9. The van der Waals surface area contributed by atoms with Crippen molar-refractivity contribution in [2.24, 2.45) is 0 Å². The zero-order valence-electron chi connectivity index (χ0n) is 15.5. The molecule has 4 aromatic rings. The Morgan fingerprint density at radius 2 is 1.89 bits per heavy atom. The van der Waals surface area contributed by atoms with E-state index in [4.69, 9.17) is 4.74 Å². The van der Waals surface area contributed by atoms with Crippen molar-refractivity contribution in [2.75, 3.05) is 0 Å². The molecule has 4 heteroatoms. The molecule has 0 aliphatic heterocycles. The standard InChI is InChI=1S/C24H19N3O/c1-17-5-4-6-19(13-17)16-28-21-11-9-18(10-12-21)14-20(15-25)24-26-22-7-2-3-8-23(22)27-24/h2-14H,16H2,1H3,(H,26,27). The van der Waals surface area contributed by atoms with Gasteiger partial charge in [0.25, 0.3) is 0 Å². The average molecular weight is 365 g/mol. The minimum Gasteiger partial charge on any atom is -0.489 e. The molecule has 4 rings (SSSR count). The van der Waals surface area contributed by atoms with Gasteiger partial charge in [-0.3, -0.25) is 0 Å². The van der Waals surface area contributed by atoms with Crippen LogP contribution in [-0.2, 0) is 6.61 Å². The molecule has 0 unspecified atom stereocenters. The highest BCUT2D eigenvalue weighted by Gasteiger charge is 2.07. The maximum Gasteiger partial charge on any atom is 0.149 e. The number of fused-ring (bicyclic) bond motifs is 1. The van der Waals surface area contributed by atoms with E-state index in [2.05, 4.69) is 41.2 Å². The molecular weight excluding hydrogens is 346 g/mol. The van der Waals surface area contributed by atoms with Crippen LogP contribution in [0.5, 0.6) is 5.75 Å². The van der Waals surface area contributed by atoms with Gasteiger partial charge < -0.3 is 9.72 Å². The van der Waals surface area contributed by atoms with E-state index >= 15 is 0 Å². The molecule has 4 nitrogen and oxygen atoms in total. The SMILES string of the molecule is Cc1cccc(COc2ccc(C=C(C#N)c3nc4ccccc4[nH]3)cc2)c1. The molecule has 0 saturated carbocycles. The molecule has 3 aromatic carbocycles. The molecule has 0 aliphatic carbocycles. The summed E-state index contributed by atoms with van der Waals surface area (Å²) >= 11 is 0. The second kappa shape index (κ2) is 7.81. The van der Waals surface area contributed by atoms with Gasteiger partial charge in [0.1, 0.15) is 24.3 Å². The number of aromatic amines is 1. The van der Waals surface area contributed by atoms with Crippen LogP contribution < -0.4 is 4.74 Å². The maximum atomic E-state index is 9.55. The van der Waals surface area contributed by atoms with Crippen molar-refractivity contribution in [2.45, 2.75) is 13.5 Å². The molecule has 0 aliphatic rings. The van der Waals surface area contributed by atoms with Gasteiger partial charge in [-0.05, 0) is 48.4 Å². The molecule has 1 N–H and O–H groups in total. The molecule has 0 saturated heterocycles. The number of H-pyrrole nitrogens is 1. The molecular formula is C24H19N3O. The fourth-order valence-corrected chi connectivity index (χ4v) is 3.03. The largest absolute Gasteiger partial charge is 0.489 e. The lowest BCUT2D eigenvalue weighted by atomic mass is 10.1. The van der Waals surface area contributed by atoms with Crippen LogP contribution in [0.4, 0.5) is 0 Å². The summed E-state index contributed by atoms with van der Waals surface area (Å²) in [4.78, 5) is 7.69. The van der Waals surface area contributed by atoms with Crippen LogP contribution in [0.15, 0.2) is 72.8 Å². The zero-order chi connectivity index (χ0) is 19.3. The predicted octanol–water partition coefficient (Wildman–Crippen LogP) is 5.51. The predicted molar refractivity (Wildman–Crippen MR) is 112 cm³/mol. The Morgan fingerprint density at radius 1 is 1.07 bits per heavy atom. The number of aromatic nitrogens is 2. The van der Waals surface area contributed by atoms with E-state index in [-0.39, 0.29) is 0 Å². The molecule has 1 aromatic heterocycles. The Kier molecular flexibility index (Phi) is 4.90. The normalized spacial score (nSPS) is 11.4. The van der Waals surface area contributed by atoms with Crippen molar-refractivity contribution in [1.29, 1.82) is 5.26 Å². The Bertz CT molecular complexity index is 1150. The highest BCUT2D eigenvalue weighted by molar-refractivity contribution is 5.90. The van der Waals surface area contributed by atoms with Gasteiger partial charge in [-0.2, -0.15) is 5.26 Å². The first kappa shape index (κ1) is 17.6. The van der Waals surface area contributed by atoms with Crippen LogP contribution in [0.1, 0.15) is 22.5 Å². The lowest BCUT2D eigenvalue weighted by Crippen LogP contribution is -1.95. The van der Waals surface area contributed by atoms with Gasteiger partial charge in [0.2, 0.25) is 0 Å². The number of benzene rings is 3. The molecule has 28 heavy (non-hydrogen) atoms. The number of aryl methyl sites for hydroxylation is 1. The lowest BCUT2D eigenvalue weighted by Gasteiger charge is -2.07. The van der Waals surface area contributed by atoms with E-state index in [1.54, 1.807) is 0 Å². The van der Waals surface area contributed by atoms with Gasteiger partial charge in [0.15, 0.2) is 0 Å². The van der Waals surface area contributed by atoms with Crippen LogP contribution >= 0.6 is 0 Å². The van der Waals surface area contributed by atoms with Crippen LogP contribution in [0, 0.1) is 18.3 Å². The number of allylic oxidation sites excluding steroid dienone is 1. The quantitative estimate of drug-likeness (QED) is 0.474. The Labute approximate surface area is 163 Å².